The van der Waals surface area contributed by atoms with Crippen molar-refractivity contribution < 1.29 is 0 Å². The number of fused-ring (bicyclic) bond motifs is 1. The van der Waals surface area contributed by atoms with Gasteiger partial charge in [0.25, 0.3) is 0 Å². The number of nitriles is 1. The molecule has 0 saturated carbocycles. The molecule has 0 fully saturated rings. The van der Waals surface area contributed by atoms with E-state index in [0.29, 0.717) is 12.1 Å². The highest BCUT2D eigenvalue weighted by molar-refractivity contribution is 14.0. The van der Waals surface area contributed by atoms with Crippen LogP contribution in [-0.4, -0.2) is 24.5 Å². The predicted molar refractivity (Wildman–Crippen MR) is 117 cm³/mol. The Balaban J connectivity index is 0.00000243. The summed E-state index contributed by atoms with van der Waals surface area (Å²) in [4.78, 5) is 7.55. The molecule has 0 aliphatic carbocycles. The minimum Gasteiger partial charge on any atom is -0.361 e. The molecule has 3 aromatic rings. The number of nitrogens with one attached hydrogen (secondary N) is 3. The maximum atomic E-state index is 8.83. The SMILES string of the molecule is CN=C(NCCc1c[nH]c2ccccc12)NCc1ccc(C#N)cc1.I. The number of H-pyrrole nitrogens is 1. The lowest BCUT2D eigenvalue weighted by Crippen LogP contribution is -2.37. The summed E-state index contributed by atoms with van der Waals surface area (Å²) >= 11 is 0. The van der Waals surface area contributed by atoms with E-state index in [0.717, 1.165) is 24.5 Å². The third-order valence-electron chi connectivity index (χ3n) is 4.13. The van der Waals surface area contributed by atoms with Gasteiger partial charge in [-0.05, 0) is 35.7 Å². The number of para-hydroxylation sites is 1. The first-order valence-corrected chi connectivity index (χ1v) is 8.28. The van der Waals surface area contributed by atoms with E-state index in [2.05, 4.69) is 51.1 Å². The van der Waals surface area contributed by atoms with Gasteiger partial charge in [0.05, 0.1) is 11.6 Å². The number of guanidine groups is 1. The highest BCUT2D eigenvalue weighted by Gasteiger charge is 2.03. The zero-order valence-electron chi connectivity index (χ0n) is 14.6. The van der Waals surface area contributed by atoms with E-state index in [-0.39, 0.29) is 24.0 Å². The molecule has 0 unspecified atom stereocenters. The summed E-state index contributed by atoms with van der Waals surface area (Å²) in [6, 6.07) is 18.0. The Kier molecular flexibility index (Phi) is 7.48. The van der Waals surface area contributed by atoms with Crippen LogP contribution in [0.5, 0.6) is 0 Å². The zero-order chi connectivity index (χ0) is 17.5. The first-order chi connectivity index (χ1) is 12.3. The van der Waals surface area contributed by atoms with Gasteiger partial charge in [-0.3, -0.25) is 4.99 Å². The fraction of sp³-hybridized carbons (Fsp3) is 0.200. The molecule has 0 amide bonds. The lowest BCUT2D eigenvalue weighted by molar-refractivity contribution is 0.796. The van der Waals surface area contributed by atoms with Gasteiger partial charge in [0.1, 0.15) is 0 Å². The second-order valence-electron chi connectivity index (χ2n) is 5.77. The molecular weight excluding hydrogens is 437 g/mol. The average molecular weight is 459 g/mol. The molecular formula is C20H22IN5. The van der Waals surface area contributed by atoms with Crippen molar-refractivity contribution in [2.24, 2.45) is 4.99 Å². The van der Waals surface area contributed by atoms with Crippen molar-refractivity contribution in [3.63, 3.8) is 0 Å². The summed E-state index contributed by atoms with van der Waals surface area (Å²) in [7, 11) is 1.76. The fourth-order valence-corrected chi connectivity index (χ4v) is 2.76. The zero-order valence-corrected chi connectivity index (χ0v) is 17.0. The average Bonchev–Trinajstić information content (AvgIpc) is 3.08. The number of nitrogens with zero attached hydrogens (tertiary/aromatic N) is 2. The van der Waals surface area contributed by atoms with Crippen molar-refractivity contribution in [3.8, 4) is 6.07 Å². The molecule has 0 atom stereocenters. The maximum Gasteiger partial charge on any atom is 0.191 e. The van der Waals surface area contributed by atoms with Crippen LogP contribution in [0.4, 0.5) is 0 Å². The van der Waals surface area contributed by atoms with E-state index in [1.54, 1.807) is 7.05 Å². The highest BCUT2D eigenvalue weighted by atomic mass is 127. The van der Waals surface area contributed by atoms with Crippen LogP contribution in [-0.2, 0) is 13.0 Å². The molecule has 3 rings (SSSR count). The topological polar surface area (TPSA) is 76.0 Å². The lowest BCUT2D eigenvalue weighted by Gasteiger charge is -2.12. The first kappa shape index (κ1) is 19.8. The number of aromatic nitrogens is 1. The third-order valence-corrected chi connectivity index (χ3v) is 4.13. The number of hydrogen-bond donors (Lipinski definition) is 3. The van der Waals surface area contributed by atoms with E-state index >= 15 is 0 Å². The van der Waals surface area contributed by atoms with Gasteiger partial charge in [0.2, 0.25) is 0 Å². The van der Waals surface area contributed by atoms with Crippen LogP contribution < -0.4 is 10.6 Å². The number of hydrogen-bond acceptors (Lipinski definition) is 2. The van der Waals surface area contributed by atoms with Gasteiger partial charge >= 0.3 is 0 Å². The molecule has 0 spiro atoms. The molecule has 26 heavy (non-hydrogen) atoms. The normalized spacial score (nSPS) is 10.8. The minimum absolute atomic E-state index is 0. The first-order valence-electron chi connectivity index (χ1n) is 8.28. The van der Waals surface area contributed by atoms with E-state index in [9.17, 15) is 0 Å². The van der Waals surface area contributed by atoms with E-state index < -0.39 is 0 Å². The van der Waals surface area contributed by atoms with Crippen molar-refractivity contribution in [2.75, 3.05) is 13.6 Å². The molecule has 0 radical (unpaired) electrons. The van der Waals surface area contributed by atoms with Gasteiger partial charge in [-0.15, -0.1) is 24.0 Å². The van der Waals surface area contributed by atoms with Crippen LogP contribution in [0.2, 0.25) is 0 Å². The van der Waals surface area contributed by atoms with Crippen LogP contribution >= 0.6 is 24.0 Å². The number of rotatable bonds is 5. The molecule has 6 heteroatoms. The molecule has 0 saturated heterocycles. The van der Waals surface area contributed by atoms with Gasteiger partial charge in [-0.25, -0.2) is 0 Å². The van der Waals surface area contributed by atoms with Gasteiger partial charge in [-0.2, -0.15) is 5.26 Å². The Hall–Kier alpha value is -2.53. The Morgan fingerprint density at radius 3 is 2.62 bits per heavy atom. The monoisotopic (exact) mass is 459 g/mol. The molecule has 5 nitrogen and oxygen atoms in total. The Morgan fingerprint density at radius 2 is 1.88 bits per heavy atom. The van der Waals surface area contributed by atoms with Gasteiger partial charge < -0.3 is 15.6 Å². The number of halogens is 1. The van der Waals surface area contributed by atoms with Crippen LogP contribution in [0.25, 0.3) is 10.9 Å². The van der Waals surface area contributed by atoms with Crippen molar-refractivity contribution in [3.05, 3.63) is 71.4 Å². The maximum absolute atomic E-state index is 8.83. The van der Waals surface area contributed by atoms with Crippen molar-refractivity contribution in [1.29, 1.82) is 5.26 Å². The summed E-state index contributed by atoms with van der Waals surface area (Å²) in [6.45, 7) is 1.47. The van der Waals surface area contributed by atoms with Gasteiger partial charge in [0, 0.05) is 37.2 Å². The standard InChI is InChI=1S/C20H21N5.HI/c1-22-20(25-13-16-8-6-15(12-21)7-9-16)23-11-10-17-14-24-19-5-3-2-4-18(17)19;/h2-9,14,24H,10-11,13H2,1H3,(H2,22,23,25);1H. The second kappa shape index (κ2) is 9.82. The second-order valence-corrected chi connectivity index (χ2v) is 5.77. The number of aromatic amines is 1. The van der Waals surface area contributed by atoms with Gasteiger partial charge in [-0.1, -0.05) is 30.3 Å². The quantitative estimate of drug-likeness (QED) is 0.310. The van der Waals surface area contributed by atoms with Gasteiger partial charge in [0.15, 0.2) is 5.96 Å². The predicted octanol–water partition coefficient (Wildman–Crippen LogP) is 3.57. The van der Waals surface area contributed by atoms with Crippen molar-refractivity contribution in [1.82, 2.24) is 15.6 Å². The minimum atomic E-state index is 0. The molecule has 3 N–H and O–H groups in total. The molecule has 2 aromatic carbocycles. The summed E-state index contributed by atoms with van der Waals surface area (Å²) in [5.41, 5.74) is 4.25. The van der Waals surface area contributed by atoms with Crippen LogP contribution in [0.15, 0.2) is 59.7 Å². The Bertz CT molecular complexity index is 906. The van der Waals surface area contributed by atoms with Crippen LogP contribution in [0.1, 0.15) is 16.7 Å². The Morgan fingerprint density at radius 1 is 1.12 bits per heavy atom. The third kappa shape index (κ3) is 4.99. The molecule has 1 aromatic heterocycles. The van der Waals surface area contributed by atoms with Crippen molar-refractivity contribution in [2.45, 2.75) is 13.0 Å². The lowest BCUT2D eigenvalue weighted by atomic mass is 10.1. The molecule has 1 heterocycles. The highest BCUT2D eigenvalue weighted by Crippen LogP contribution is 2.17. The molecule has 0 bridgehead atoms. The van der Waals surface area contributed by atoms with E-state index in [4.69, 9.17) is 5.26 Å². The molecule has 0 aliphatic heterocycles. The summed E-state index contributed by atoms with van der Waals surface area (Å²) < 4.78 is 0. The van der Waals surface area contributed by atoms with E-state index in [1.807, 2.05) is 30.3 Å². The summed E-state index contributed by atoms with van der Waals surface area (Å²) in [5, 5.41) is 16.7. The molecule has 0 aliphatic rings. The summed E-state index contributed by atoms with van der Waals surface area (Å²) in [6.07, 6.45) is 2.99. The molecule has 134 valence electrons. The number of aliphatic imine (C=N–C) groups is 1. The van der Waals surface area contributed by atoms with Crippen LogP contribution in [0, 0.1) is 11.3 Å². The van der Waals surface area contributed by atoms with Crippen LogP contribution in [0.3, 0.4) is 0 Å². The smallest absolute Gasteiger partial charge is 0.191 e. The summed E-state index contributed by atoms with van der Waals surface area (Å²) in [5.74, 6) is 0.768. The fourth-order valence-electron chi connectivity index (χ4n) is 2.76. The Labute approximate surface area is 170 Å². The van der Waals surface area contributed by atoms with Crippen molar-refractivity contribution >= 4 is 40.8 Å². The number of benzene rings is 2. The van der Waals surface area contributed by atoms with E-state index in [1.165, 1.54) is 16.5 Å². The largest absolute Gasteiger partial charge is 0.361 e.